The first-order valence-electron chi connectivity index (χ1n) is 10.5. The monoisotopic (exact) mass is 441 g/mol. The quantitative estimate of drug-likeness (QED) is 0.565. The van der Waals surface area contributed by atoms with E-state index in [1.807, 2.05) is 42.2 Å². The topological polar surface area (TPSA) is 83.3 Å². The molecule has 1 fully saturated rings. The number of carbonyl (C=O) groups is 1. The van der Waals surface area contributed by atoms with Crippen LogP contribution in [-0.4, -0.2) is 56.3 Å². The fourth-order valence-electron chi connectivity index (χ4n) is 3.89. The van der Waals surface area contributed by atoms with E-state index in [2.05, 4.69) is 10.3 Å². The fourth-order valence-corrected chi connectivity index (χ4v) is 3.89. The van der Waals surface area contributed by atoms with E-state index in [0.717, 1.165) is 16.8 Å². The van der Waals surface area contributed by atoms with Crippen molar-refractivity contribution in [2.24, 2.45) is 0 Å². The number of piperidine rings is 1. The molecular weight excluding hydrogens is 416 g/mol. The van der Waals surface area contributed by atoms with Crippen molar-refractivity contribution >= 4 is 17.5 Å². The van der Waals surface area contributed by atoms with Crippen molar-refractivity contribution < 1.29 is 18.7 Å². The predicted octanol–water partition coefficient (Wildman–Crippen LogP) is 4.43. The molecule has 0 aliphatic carbocycles. The molecule has 2 aromatic heterocycles. The van der Waals surface area contributed by atoms with E-state index in [-0.39, 0.29) is 18.4 Å². The summed E-state index contributed by atoms with van der Waals surface area (Å²) in [6.45, 7) is 3.65. The molecule has 0 amide bonds. The van der Waals surface area contributed by atoms with Crippen LogP contribution in [0.5, 0.6) is 0 Å². The first-order valence-corrected chi connectivity index (χ1v) is 10.5. The highest BCUT2D eigenvalue weighted by Gasteiger charge is 2.33. The second-order valence-electron chi connectivity index (χ2n) is 7.96. The van der Waals surface area contributed by atoms with Crippen LogP contribution in [-0.2, 0) is 6.54 Å². The van der Waals surface area contributed by atoms with Gasteiger partial charge in [0.2, 0.25) is 0 Å². The predicted molar refractivity (Wildman–Crippen MR) is 118 cm³/mol. The zero-order valence-electron chi connectivity index (χ0n) is 17.8. The maximum absolute atomic E-state index is 13.5. The Morgan fingerprint density at radius 2 is 1.88 bits per heavy atom. The van der Waals surface area contributed by atoms with Gasteiger partial charge in [0.25, 0.3) is 5.92 Å². The molecule has 0 atom stereocenters. The van der Waals surface area contributed by atoms with Gasteiger partial charge < -0.3 is 15.3 Å². The first-order chi connectivity index (χ1) is 15.3. The zero-order chi connectivity index (χ0) is 22.7. The number of hydrogen-bond donors (Lipinski definition) is 2. The number of benzene rings is 1. The SMILES string of the molecule is Cc1c(-c2ccccc2)nn(CCN2CCC(F)(F)CC2)c1Nc1cnccc1C(=O)O. The number of nitrogens with zero attached hydrogens (tertiary/aromatic N) is 4. The van der Waals surface area contributed by atoms with Gasteiger partial charge in [0.15, 0.2) is 0 Å². The number of likely N-dealkylation sites (tertiary alicyclic amines) is 1. The smallest absolute Gasteiger partial charge is 0.337 e. The van der Waals surface area contributed by atoms with Crippen molar-refractivity contribution in [2.75, 3.05) is 25.0 Å². The number of rotatable bonds is 7. The number of nitrogens with one attached hydrogen (secondary N) is 1. The van der Waals surface area contributed by atoms with Crippen LogP contribution >= 0.6 is 0 Å². The minimum Gasteiger partial charge on any atom is -0.478 e. The molecule has 3 aromatic rings. The first kappa shape index (κ1) is 21.9. The van der Waals surface area contributed by atoms with Crippen LogP contribution in [0.3, 0.4) is 0 Å². The van der Waals surface area contributed by atoms with Crippen LogP contribution in [0, 0.1) is 6.92 Å². The number of anilines is 2. The molecule has 1 saturated heterocycles. The van der Waals surface area contributed by atoms with Crippen LogP contribution in [0.15, 0.2) is 48.8 Å². The van der Waals surface area contributed by atoms with E-state index < -0.39 is 11.9 Å². The molecule has 7 nitrogen and oxygen atoms in total. The van der Waals surface area contributed by atoms with Crippen LogP contribution in [0.4, 0.5) is 20.3 Å². The van der Waals surface area contributed by atoms with Crippen molar-refractivity contribution in [3.8, 4) is 11.3 Å². The lowest BCUT2D eigenvalue weighted by molar-refractivity contribution is -0.0555. The molecule has 0 unspecified atom stereocenters. The van der Waals surface area contributed by atoms with E-state index >= 15 is 0 Å². The summed E-state index contributed by atoms with van der Waals surface area (Å²) >= 11 is 0. The number of hydrogen-bond acceptors (Lipinski definition) is 5. The number of alkyl halides is 2. The standard InChI is InChI=1S/C23H25F2N5O2/c1-16-20(17-5-3-2-4-6-17)28-30(14-13-29-11-8-23(24,25)9-12-29)21(16)27-19-15-26-10-7-18(19)22(31)32/h2-7,10,15,27H,8-9,11-14H2,1H3,(H,31,32). The Morgan fingerprint density at radius 1 is 1.16 bits per heavy atom. The van der Waals surface area contributed by atoms with Gasteiger partial charge in [0.1, 0.15) is 5.82 Å². The molecule has 3 heterocycles. The molecule has 9 heteroatoms. The Labute approximate surface area is 184 Å². The summed E-state index contributed by atoms with van der Waals surface area (Å²) in [6, 6.07) is 11.1. The fraction of sp³-hybridized carbons (Fsp3) is 0.348. The number of pyridine rings is 1. The molecule has 0 bridgehead atoms. The minimum absolute atomic E-state index is 0.103. The van der Waals surface area contributed by atoms with Crippen molar-refractivity contribution in [2.45, 2.75) is 32.2 Å². The van der Waals surface area contributed by atoms with Gasteiger partial charge in [-0.3, -0.25) is 4.98 Å². The average molecular weight is 441 g/mol. The maximum atomic E-state index is 13.5. The van der Waals surface area contributed by atoms with Gasteiger partial charge >= 0.3 is 5.97 Å². The third-order valence-electron chi connectivity index (χ3n) is 5.76. The van der Waals surface area contributed by atoms with Gasteiger partial charge in [-0.2, -0.15) is 5.10 Å². The molecule has 1 aliphatic heterocycles. The Kier molecular flexibility index (Phi) is 6.18. The lowest BCUT2D eigenvalue weighted by Gasteiger charge is -2.31. The van der Waals surface area contributed by atoms with E-state index in [1.54, 1.807) is 4.68 Å². The highest BCUT2D eigenvalue weighted by Crippen LogP contribution is 2.32. The highest BCUT2D eigenvalue weighted by molar-refractivity contribution is 5.95. The van der Waals surface area contributed by atoms with Gasteiger partial charge in [0.05, 0.1) is 29.7 Å². The summed E-state index contributed by atoms with van der Waals surface area (Å²) in [6.07, 6.45) is 2.63. The van der Waals surface area contributed by atoms with Crippen molar-refractivity contribution in [1.29, 1.82) is 0 Å². The van der Waals surface area contributed by atoms with E-state index in [4.69, 9.17) is 5.10 Å². The molecule has 4 rings (SSSR count). The Morgan fingerprint density at radius 3 is 2.56 bits per heavy atom. The number of aromatic nitrogens is 3. The van der Waals surface area contributed by atoms with Crippen molar-refractivity contribution in [3.63, 3.8) is 0 Å². The molecule has 0 saturated carbocycles. The summed E-state index contributed by atoms with van der Waals surface area (Å²) in [5, 5.41) is 17.5. The van der Waals surface area contributed by atoms with E-state index in [9.17, 15) is 18.7 Å². The Bertz CT molecular complexity index is 1090. The van der Waals surface area contributed by atoms with Gasteiger partial charge in [-0.25, -0.2) is 18.3 Å². The normalized spacial score (nSPS) is 16.1. The van der Waals surface area contributed by atoms with Crippen LogP contribution in [0.1, 0.15) is 28.8 Å². The Balaban J connectivity index is 1.63. The van der Waals surface area contributed by atoms with Crippen LogP contribution < -0.4 is 5.32 Å². The number of halogens is 2. The number of aromatic carboxylic acids is 1. The zero-order valence-corrected chi connectivity index (χ0v) is 17.8. The Hall–Kier alpha value is -3.33. The van der Waals surface area contributed by atoms with Gasteiger partial charge in [-0.1, -0.05) is 30.3 Å². The van der Waals surface area contributed by atoms with E-state index in [0.29, 0.717) is 37.7 Å². The lowest BCUT2D eigenvalue weighted by Crippen LogP contribution is -2.40. The summed E-state index contributed by atoms with van der Waals surface area (Å²) in [5.41, 5.74) is 3.04. The van der Waals surface area contributed by atoms with Crippen LogP contribution in [0.2, 0.25) is 0 Å². The largest absolute Gasteiger partial charge is 0.478 e. The van der Waals surface area contributed by atoms with Gasteiger partial charge in [0, 0.05) is 49.8 Å². The minimum atomic E-state index is -2.58. The second kappa shape index (κ2) is 9.04. The molecule has 32 heavy (non-hydrogen) atoms. The second-order valence-corrected chi connectivity index (χ2v) is 7.96. The third-order valence-corrected chi connectivity index (χ3v) is 5.76. The third kappa shape index (κ3) is 4.77. The molecule has 1 aromatic carbocycles. The molecule has 0 radical (unpaired) electrons. The molecule has 2 N–H and O–H groups in total. The summed E-state index contributed by atoms with van der Waals surface area (Å²) in [7, 11) is 0. The summed E-state index contributed by atoms with van der Waals surface area (Å²) in [5.74, 6) is -2.99. The van der Waals surface area contributed by atoms with Crippen LogP contribution in [0.25, 0.3) is 11.3 Å². The number of carboxylic acid groups (broad SMARTS) is 1. The lowest BCUT2D eigenvalue weighted by atomic mass is 10.1. The molecule has 0 spiro atoms. The summed E-state index contributed by atoms with van der Waals surface area (Å²) in [4.78, 5) is 17.7. The van der Waals surface area contributed by atoms with Gasteiger partial charge in [-0.05, 0) is 13.0 Å². The average Bonchev–Trinajstić information content (AvgIpc) is 3.09. The molecule has 1 aliphatic rings. The van der Waals surface area contributed by atoms with Gasteiger partial charge in [-0.15, -0.1) is 0 Å². The maximum Gasteiger partial charge on any atom is 0.337 e. The van der Waals surface area contributed by atoms with Crippen molar-refractivity contribution in [1.82, 2.24) is 19.7 Å². The van der Waals surface area contributed by atoms with E-state index in [1.165, 1.54) is 18.5 Å². The van der Waals surface area contributed by atoms with Crippen molar-refractivity contribution in [3.05, 3.63) is 59.9 Å². The summed E-state index contributed by atoms with van der Waals surface area (Å²) < 4.78 is 28.8. The number of carboxylic acids is 1. The molecular formula is C23H25F2N5O2. The molecule has 168 valence electrons. The highest BCUT2D eigenvalue weighted by atomic mass is 19.3.